The smallest absolute Gasteiger partial charge is 0.370 e. The Morgan fingerprint density at radius 3 is 2.14 bits per heavy atom. The van der Waals surface area contributed by atoms with Crippen LogP contribution in [-0.4, -0.2) is 0 Å². The molecular weight excluding hydrogens is 325 g/mol. The quantitative estimate of drug-likeness (QED) is 0.563. The number of benzene rings is 2. The molecule has 0 aromatic heterocycles. The first-order valence-corrected chi connectivity index (χ1v) is 9.25. The molecule has 0 spiro atoms. The van der Waals surface area contributed by atoms with Gasteiger partial charge in [0.15, 0.2) is 17.0 Å². The van der Waals surface area contributed by atoms with E-state index in [2.05, 4.69) is 18.8 Å². The molecule has 1 unspecified atom stereocenters. The fourth-order valence-electron chi connectivity index (χ4n) is 1.50. The summed E-state index contributed by atoms with van der Waals surface area (Å²) in [5.41, 5.74) is 0. The number of hydrogen-bond donors (Lipinski definition) is 1. The van der Waals surface area contributed by atoms with Gasteiger partial charge in [0.1, 0.15) is 11.5 Å². The van der Waals surface area contributed by atoms with Gasteiger partial charge < -0.3 is 9.36 Å². The Hall–Kier alpha value is -1.57. The number of para-hydroxylation sites is 2. The van der Waals surface area contributed by atoms with Gasteiger partial charge in [0.25, 0.3) is 0 Å². The van der Waals surface area contributed by atoms with E-state index in [1.54, 1.807) is 0 Å². The van der Waals surface area contributed by atoms with Crippen LogP contribution in [0.3, 0.4) is 0 Å². The lowest BCUT2D eigenvalue weighted by atomic mass is 10.3. The van der Waals surface area contributed by atoms with Crippen molar-refractivity contribution in [1.82, 2.24) is 5.25 Å². The second-order valence-corrected chi connectivity index (χ2v) is 7.86. The highest BCUT2D eigenvalue weighted by Crippen LogP contribution is 2.55. The van der Waals surface area contributed by atoms with Gasteiger partial charge in [-0.2, -0.15) is 13.5 Å². The minimum Gasteiger partial charge on any atom is -0.429 e. The Balaban J connectivity index is 1.80. The van der Waals surface area contributed by atoms with Gasteiger partial charge in [-0.05, 0) is 24.3 Å². The highest BCUT2D eigenvalue weighted by molar-refractivity contribution is 7.67. The molecule has 0 amide bonds. The molecule has 0 fully saturated rings. The maximum atomic E-state index is 5.93. The molecule has 2 aromatic carbocycles. The lowest BCUT2D eigenvalue weighted by Crippen LogP contribution is -2.17. The van der Waals surface area contributed by atoms with Gasteiger partial charge in [0.2, 0.25) is 0 Å². The number of rotatable bonds is 5. The Kier molecular flexibility index (Phi) is 4.74. The van der Waals surface area contributed by atoms with Gasteiger partial charge >= 0.3 is 7.58 Å². The summed E-state index contributed by atoms with van der Waals surface area (Å²) in [6, 6.07) is 18.8. The molecule has 0 saturated heterocycles. The molecule has 1 aliphatic heterocycles. The van der Waals surface area contributed by atoms with Crippen LogP contribution in [-0.2, 0) is 0 Å². The van der Waals surface area contributed by atoms with E-state index in [1.165, 1.54) is 0 Å². The van der Waals surface area contributed by atoms with Crippen LogP contribution in [0.2, 0.25) is 0 Å². The maximum absolute atomic E-state index is 5.93. The molecule has 21 heavy (non-hydrogen) atoms. The predicted molar refractivity (Wildman–Crippen MR) is 85.3 cm³/mol. The molecule has 2 aromatic rings. The Bertz CT molecular complexity index is 707. The van der Waals surface area contributed by atoms with E-state index in [0.29, 0.717) is 28.5 Å². The minimum absolute atomic E-state index is 0.590. The fourth-order valence-corrected chi connectivity index (χ4v) is 5.17. The second-order valence-electron chi connectivity index (χ2n) is 3.90. The van der Waals surface area contributed by atoms with Crippen molar-refractivity contribution in [1.29, 1.82) is 0 Å². The molecule has 3 rings (SSSR count). The van der Waals surface area contributed by atoms with E-state index in [4.69, 9.17) is 9.36 Å². The molecular formula is C12H11N4O2P3. The summed E-state index contributed by atoms with van der Waals surface area (Å²) >= 11 is 0. The molecule has 1 aliphatic rings. The Labute approximate surface area is 125 Å². The molecule has 6 nitrogen and oxygen atoms in total. The zero-order valence-corrected chi connectivity index (χ0v) is 13.5. The van der Waals surface area contributed by atoms with Crippen molar-refractivity contribution < 1.29 is 9.36 Å². The van der Waals surface area contributed by atoms with Gasteiger partial charge in [0.05, 0.1) is 0 Å². The summed E-state index contributed by atoms with van der Waals surface area (Å²) < 4.78 is 18.7. The highest BCUT2D eigenvalue weighted by atomic mass is 31.2. The normalized spacial score (nSPS) is 21.3. The van der Waals surface area contributed by atoms with Crippen LogP contribution in [0.15, 0.2) is 74.2 Å². The molecule has 1 N–H and O–H groups in total. The monoisotopic (exact) mass is 336 g/mol. The topological polar surface area (TPSA) is 67.6 Å². The van der Waals surface area contributed by atoms with Gasteiger partial charge in [-0.25, -0.2) is 0 Å². The van der Waals surface area contributed by atoms with Crippen molar-refractivity contribution in [2.24, 2.45) is 13.5 Å². The molecule has 106 valence electrons. The number of hydrogen-bond acceptors (Lipinski definition) is 6. The van der Waals surface area contributed by atoms with Crippen LogP contribution in [0.25, 0.3) is 0 Å². The molecule has 1 heterocycles. The van der Waals surface area contributed by atoms with Crippen molar-refractivity contribution in [3.8, 4) is 11.5 Å². The van der Waals surface area contributed by atoms with Gasteiger partial charge in [-0.3, -0.25) is 0 Å². The van der Waals surface area contributed by atoms with Gasteiger partial charge in [0, 0.05) is 0 Å². The largest absolute Gasteiger partial charge is 0.429 e. The highest BCUT2D eigenvalue weighted by Gasteiger charge is 2.24. The SMILES string of the molecule is c1ccc(ONP2(Oc3ccccc3)=NP=NP=N2)cc1. The lowest BCUT2D eigenvalue weighted by Gasteiger charge is -2.20. The summed E-state index contributed by atoms with van der Waals surface area (Å²) in [4.78, 5) is 5.56. The van der Waals surface area contributed by atoms with Crippen LogP contribution < -0.4 is 14.6 Å². The van der Waals surface area contributed by atoms with Crippen LogP contribution >= 0.6 is 24.6 Å². The van der Waals surface area contributed by atoms with Gasteiger partial charge in [-0.15, -0.1) is 0 Å². The first-order valence-electron chi connectivity index (χ1n) is 6.04. The summed E-state index contributed by atoms with van der Waals surface area (Å²) in [5.74, 6) is 1.37. The Morgan fingerprint density at radius 1 is 0.857 bits per heavy atom. The van der Waals surface area contributed by atoms with Crippen molar-refractivity contribution in [2.75, 3.05) is 0 Å². The van der Waals surface area contributed by atoms with E-state index in [0.717, 1.165) is 0 Å². The maximum Gasteiger partial charge on any atom is 0.370 e. The zero-order chi connectivity index (χ0) is 14.4. The average Bonchev–Trinajstić information content (AvgIpc) is 2.56. The molecule has 0 aliphatic carbocycles. The third kappa shape index (κ3) is 3.96. The van der Waals surface area contributed by atoms with Crippen LogP contribution in [0.5, 0.6) is 11.5 Å². The van der Waals surface area contributed by atoms with Crippen molar-refractivity contribution in [3.05, 3.63) is 60.7 Å². The second kappa shape index (κ2) is 6.93. The van der Waals surface area contributed by atoms with Crippen molar-refractivity contribution >= 4 is 24.6 Å². The molecule has 0 saturated carbocycles. The lowest BCUT2D eigenvalue weighted by molar-refractivity contribution is 0.264. The first kappa shape index (κ1) is 14.4. The van der Waals surface area contributed by atoms with E-state index in [-0.39, 0.29) is 0 Å². The number of nitrogens with one attached hydrogen (secondary N) is 1. The molecule has 0 radical (unpaired) electrons. The predicted octanol–water partition coefficient (Wildman–Crippen LogP) is 5.70. The van der Waals surface area contributed by atoms with E-state index >= 15 is 0 Å². The van der Waals surface area contributed by atoms with Crippen molar-refractivity contribution in [3.63, 3.8) is 0 Å². The van der Waals surface area contributed by atoms with Crippen LogP contribution in [0, 0.1) is 0 Å². The summed E-state index contributed by atoms with van der Waals surface area (Å²) in [5, 5.41) is 2.88. The summed E-state index contributed by atoms with van der Waals surface area (Å²) in [7, 11) is -1.44. The van der Waals surface area contributed by atoms with Gasteiger partial charge in [-0.1, -0.05) is 41.6 Å². The molecule has 9 heteroatoms. The fraction of sp³-hybridized carbons (Fsp3) is 0. The molecule has 1 atom stereocenters. The van der Waals surface area contributed by atoms with E-state index < -0.39 is 7.58 Å². The minimum atomic E-state index is -2.62. The summed E-state index contributed by atoms with van der Waals surface area (Å²) in [6.45, 7) is 0. The average molecular weight is 336 g/mol. The van der Waals surface area contributed by atoms with Crippen LogP contribution in [0.1, 0.15) is 0 Å². The Morgan fingerprint density at radius 2 is 1.52 bits per heavy atom. The standard InChI is InChI=1S/C12H11N4O2P3/c1-3-7-11(8-4-1)17-13-21(15-19-14-20-16-21)18-12-9-5-2-6-10-12/h1-10,13H. The van der Waals surface area contributed by atoms with E-state index in [1.807, 2.05) is 60.7 Å². The first-order chi connectivity index (χ1) is 10.4. The zero-order valence-electron chi connectivity index (χ0n) is 10.8. The number of nitrogens with zero attached hydrogens (tertiary/aromatic N) is 3. The third-order valence-corrected chi connectivity index (χ3v) is 6.42. The summed E-state index contributed by atoms with van der Waals surface area (Å²) in [6.07, 6.45) is 0. The van der Waals surface area contributed by atoms with E-state index in [9.17, 15) is 0 Å². The third-order valence-electron chi connectivity index (χ3n) is 2.40. The molecule has 0 bridgehead atoms. The van der Waals surface area contributed by atoms with Crippen LogP contribution in [0.4, 0.5) is 0 Å². The van der Waals surface area contributed by atoms with Crippen molar-refractivity contribution in [2.45, 2.75) is 0 Å².